The van der Waals surface area contributed by atoms with E-state index in [4.69, 9.17) is 5.73 Å². The van der Waals surface area contributed by atoms with Crippen LogP contribution in [0.1, 0.15) is 24.0 Å². The average Bonchev–Trinajstić information content (AvgIpc) is 3.12. The third kappa shape index (κ3) is 3.17. The SMILES string of the molecule is N/C(=C1\NC=Nc2[nH]ccc21)C1CCN(Cc2ccccc2F)CC1. The molecular weight excluding hydrogens is 317 g/mol. The predicted molar refractivity (Wildman–Crippen MR) is 97.6 cm³/mol. The van der Waals surface area contributed by atoms with Crippen molar-refractivity contribution in [1.82, 2.24) is 15.2 Å². The molecule has 1 aromatic heterocycles. The fourth-order valence-corrected chi connectivity index (χ4v) is 3.62. The van der Waals surface area contributed by atoms with E-state index < -0.39 is 0 Å². The molecule has 2 aliphatic heterocycles. The molecule has 2 aromatic rings. The second-order valence-corrected chi connectivity index (χ2v) is 6.61. The molecule has 6 heteroatoms. The van der Waals surface area contributed by atoms with E-state index in [9.17, 15) is 4.39 Å². The summed E-state index contributed by atoms with van der Waals surface area (Å²) in [4.78, 5) is 9.68. The molecule has 0 amide bonds. The lowest BCUT2D eigenvalue weighted by molar-refractivity contribution is 0.189. The van der Waals surface area contributed by atoms with E-state index in [0.29, 0.717) is 12.5 Å². The number of allylic oxidation sites excluding steroid dienone is 1. The fraction of sp³-hybridized carbons (Fsp3) is 0.316. The van der Waals surface area contributed by atoms with Gasteiger partial charge in [-0.1, -0.05) is 18.2 Å². The van der Waals surface area contributed by atoms with Crippen molar-refractivity contribution in [2.75, 3.05) is 13.1 Å². The molecule has 0 bridgehead atoms. The summed E-state index contributed by atoms with van der Waals surface area (Å²) < 4.78 is 13.8. The number of halogens is 1. The van der Waals surface area contributed by atoms with Gasteiger partial charge in [0.15, 0.2) is 0 Å². The molecular formula is C19H22FN5. The summed E-state index contributed by atoms with van der Waals surface area (Å²) in [5.74, 6) is 1.04. The van der Waals surface area contributed by atoms with Crippen LogP contribution in [0.15, 0.2) is 47.2 Å². The number of aliphatic imine (C=N–C) groups is 1. The average molecular weight is 339 g/mol. The van der Waals surface area contributed by atoms with E-state index in [1.807, 2.05) is 24.4 Å². The second kappa shape index (κ2) is 6.72. The molecule has 0 radical (unpaired) electrons. The minimum absolute atomic E-state index is 0.128. The Hall–Kier alpha value is -2.60. The molecule has 2 aliphatic rings. The predicted octanol–water partition coefficient (Wildman–Crippen LogP) is 2.96. The fourth-order valence-electron chi connectivity index (χ4n) is 3.62. The van der Waals surface area contributed by atoms with Crippen molar-refractivity contribution in [1.29, 1.82) is 0 Å². The minimum atomic E-state index is -0.128. The summed E-state index contributed by atoms with van der Waals surface area (Å²) in [7, 11) is 0. The normalized spacial score (nSPS) is 20.2. The van der Waals surface area contributed by atoms with Gasteiger partial charge in [0.05, 0.1) is 12.0 Å². The van der Waals surface area contributed by atoms with Crippen molar-refractivity contribution in [3.63, 3.8) is 0 Å². The summed E-state index contributed by atoms with van der Waals surface area (Å²) in [6, 6.07) is 8.99. The summed E-state index contributed by atoms with van der Waals surface area (Å²) in [5, 5.41) is 3.20. The van der Waals surface area contributed by atoms with Crippen molar-refractivity contribution in [3.8, 4) is 0 Å². The summed E-state index contributed by atoms with van der Waals surface area (Å²) in [6.45, 7) is 2.49. The molecule has 3 heterocycles. The first-order valence-corrected chi connectivity index (χ1v) is 8.64. The quantitative estimate of drug-likeness (QED) is 0.805. The maximum absolute atomic E-state index is 13.8. The van der Waals surface area contributed by atoms with E-state index in [1.165, 1.54) is 6.07 Å². The first-order chi connectivity index (χ1) is 12.2. The van der Waals surface area contributed by atoms with Gasteiger partial charge in [-0.2, -0.15) is 0 Å². The Morgan fingerprint density at radius 2 is 2.04 bits per heavy atom. The van der Waals surface area contributed by atoms with Gasteiger partial charge in [-0.3, -0.25) is 4.90 Å². The number of benzene rings is 1. The molecule has 130 valence electrons. The minimum Gasteiger partial charge on any atom is -0.400 e. The van der Waals surface area contributed by atoms with E-state index in [-0.39, 0.29) is 5.82 Å². The monoisotopic (exact) mass is 339 g/mol. The first kappa shape index (κ1) is 15.9. The Morgan fingerprint density at radius 3 is 2.84 bits per heavy atom. The van der Waals surface area contributed by atoms with Gasteiger partial charge in [-0.05, 0) is 38.1 Å². The van der Waals surface area contributed by atoms with Crippen LogP contribution >= 0.6 is 0 Å². The molecule has 5 nitrogen and oxygen atoms in total. The van der Waals surface area contributed by atoms with Crippen molar-refractivity contribution >= 4 is 17.9 Å². The summed E-state index contributed by atoms with van der Waals surface area (Å²) >= 11 is 0. The molecule has 4 N–H and O–H groups in total. The highest BCUT2D eigenvalue weighted by molar-refractivity contribution is 5.87. The third-order valence-electron chi connectivity index (χ3n) is 5.06. The van der Waals surface area contributed by atoms with Gasteiger partial charge in [0.2, 0.25) is 0 Å². The van der Waals surface area contributed by atoms with E-state index in [0.717, 1.165) is 54.3 Å². The number of aromatic nitrogens is 1. The summed E-state index contributed by atoms with van der Waals surface area (Å²) in [5.41, 5.74) is 10.1. The van der Waals surface area contributed by atoms with Crippen LogP contribution in [-0.4, -0.2) is 29.3 Å². The molecule has 0 unspecified atom stereocenters. The number of nitrogens with one attached hydrogen (secondary N) is 2. The molecule has 1 aromatic carbocycles. The number of H-pyrrole nitrogens is 1. The Labute approximate surface area is 146 Å². The third-order valence-corrected chi connectivity index (χ3v) is 5.06. The summed E-state index contributed by atoms with van der Waals surface area (Å²) in [6.07, 6.45) is 5.50. The van der Waals surface area contributed by atoms with Gasteiger partial charge >= 0.3 is 0 Å². The Bertz CT molecular complexity index is 815. The van der Waals surface area contributed by atoms with Crippen LogP contribution in [0.3, 0.4) is 0 Å². The zero-order chi connectivity index (χ0) is 17.2. The lowest BCUT2D eigenvalue weighted by Gasteiger charge is -2.33. The smallest absolute Gasteiger partial charge is 0.141 e. The zero-order valence-electron chi connectivity index (χ0n) is 14.0. The lowest BCUT2D eigenvalue weighted by Crippen LogP contribution is -2.36. The molecule has 1 fully saturated rings. The van der Waals surface area contributed by atoms with E-state index >= 15 is 0 Å². The van der Waals surface area contributed by atoms with Crippen molar-refractivity contribution in [2.24, 2.45) is 16.6 Å². The number of nitrogens with two attached hydrogens (primary N) is 1. The second-order valence-electron chi connectivity index (χ2n) is 6.61. The standard InChI is InChI=1S/C19H22FN5/c20-16-4-2-1-3-14(16)11-25-9-6-13(7-10-25)17(21)18-15-5-8-22-19(15)24-12-23-18/h1-5,8,12-13,22H,6-7,9-11,21H2,(H,23,24)/b18-17-. The highest BCUT2D eigenvalue weighted by Crippen LogP contribution is 2.32. The number of fused-ring (bicyclic) bond motifs is 1. The van der Waals surface area contributed by atoms with Crippen molar-refractivity contribution in [3.05, 3.63) is 59.2 Å². The highest BCUT2D eigenvalue weighted by atomic mass is 19.1. The maximum atomic E-state index is 13.8. The van der Waals surface area contributed by atoms with Crippen LogP contribution in [0.4, 0.5) is 10.2 Å². The lowest BCUT2D eigenvalue weighted by atomic mass is 9.91. The number of rotatable bonds is 3. The Kier molecular flexibility index (Phi) is 4.28. The molecule has 4 rings (SSSR count). The Morgan fingerprint density at radius 1 is 1.24 bits per heavy atom. The number of likely N-dealkylation sites (tertiary alicyclic amines) is 1. The molecule has 0 spiro atoms. The van der Waals surface area contributed by atoms with Crippen molar-refractivity contribution < 1.29 is 4.39 Å². The largest absolute Gasteiger partial charge is 0.400 e. The van der Waals surface area contributed by atoms with Gasteiger partial charge < -0.3 is 16.0 Å². The highest BCUT2D eigenvalue weighted by Gasteiger charge is 2.25. The van der Waals surface area contributed by atoms with Crippen LogP contribution in [0.2, 0.25) is 0 Å². The number of hydrogen-bond donors (Lipinski definition) is 3. The molecule has 25 heavy (non-hydrogen) atoms. The molecule has 1 saturated heterocycles. The van der Waals surface area contributed by atoms with Gasteiger partial charge in [0, 0.05) is 35.5 Å². The van der Waals surface area contributed by atoms with E-state index in [2.05, 4.69) is 20.2 Å². The number of aromatic amines is 1. The van der Waals surface area contributed by atoms with Crippen LogP contribution in [-0.2, 0) is 6.54 Å². The Balaban J connectivity index is 1.43. The molecule has 0 atom stereocenters. The van der Waals surface area contributed by atoms with Gasteiger partial charge in [0.1, 0.15) is 11.6 Å². The van der Waals surface area contributed by atoms with E-state index in [1.54, 1.807) is 12.4 Å². The van der Waals surface area contributed by atoms with Gasteiger partial charge in [-0.15, -0.1) is 0 Å². The van der Waals surface area contributed by atoms with Crippen LogP contribution < -0.4 is 11.1 Å². The molecule has 0 saturated carbocycles. The number of hydrogen-bond acceptors (Lipinski definition) is 4. The van der Waals surface area contributed by atoms with Crippen LogP contribution in [0.25, 0.3) is 5.70 Å². The number of piperidine rings is 1. The zero-order valence-corrected chi connectivity index (χ0v) is 14.0. The number of nitrogens with zero attached hydrogens (tertiary/aromatic N) is 2. The van der Waals surface area contributed by atoms with Crippen molar-refractivity contribution in [2.45, 2.75) is 19.4 Å². The van der Waals surface area contributed by atoms with Gasteiger partial charge in [0.25, 0.3) is 0 Å². The van der Waals surface area contributed by atoms with Gasteiger partial charge in [-0.25, -0.2) is 9.38 Å². The van der Waals surface area contributed by atoms with Crippen LogP contribution in [0.5, 0.6) is 0 Å². The van der Waals surface area contributed by atoms with Crippen LogP contribution in [0, 0.1) is 11.7 Å². The first-order valence-electron chi connectivity index (χ1n) is 8.64. The maximum Gasteiger partial charge on any atom is 0.141 e. The topological polar surface area (TPSA) is 69.4 Å². The molecule has 0 aliphatic carbocycles.